The molecule has 1 aromatic carbocycles. The van der Waals surface area contributed by atoms with E-state index in [1.165, 1.54) is 10.6 Å². The standard InChI is InChI=1S/C17H22FN3O2S.C2H6/c1-5-8-24(23)20-15-10-21(4)17(22)12(3)16(15)19-14-7-6-11(2)9-13(14)18;1-2/h6-7,9-10,19-20H,5,8H2,1-4H3;1-2H3. The first-order valence-corrected chi connectivity index (χ1v) is 10.0. The molecule has 0 saturated carbocycles. The van der Waals surface area contributed by atoms with Crippen LogP contribution in [0.1, 0.15) is 38.3 Å². The van der Waals surface area contributed by atoms with E-state index in [0.717, 1.165) is 12.0 Å². The van der Waals surface area contributed by atoms with Crippen LogP contribution < -0.4 is 15.6 Å². The first-order valence-electron chi connectivity index (χ1n) is 8.72. The van der Waals surface area contributed by atoms with Crippen LogP contribution in [0.2, 0.25) is 0 Å². The van der Waals surface area contributed by atoms with Crippen molar-refractivity contribution in [3.8, 4) is 0 Å². The zero-order chi connectivity index (χ0) is 19.9. The third-order valence-corrected chi connectivity index (χ3v) is 4.83. The molecule has 0 aliphatic heterocycles. The Balaban J connectivity index is 0.00000163. The lowest BCUT2D eigenvalue weighted by Gasteiger charge is -2.17. The Labute approximate surface area is 157 Å². The van der Waals surface area contributed by atoms with Crippen molar-refractivity contribution in [1.29, 1.82) is 0 Å². The van der Waals surface area contributed by atoms with E-state index in [9.17, 15) is 13.4 Å². The largest absolute Gasteiger partial charge is 0.351 e. The summed E-state index contributed by atoms with van der Waals surface area (Å²) < 4.78 is 30.5. The van der Waals surface area contributed by atoms with E-state index in [2.05, 4.69) is 10.0 Å². The number of rotatable bonds is 6. The topological polar surface area (TPSA) is 63.1 Å². The van der Waals surface area contributed by atoms with Gasteiger partial charge >= 0.3 is 0 Å². The molecule has 0 aliphatic rings. The number of aryl methyl sites for hydroxylation is 2. The second kappa shape index (κ2) is 10.1. The van der Waals surface area contributed by atoms with E-state index in [-0.39, 0.29) is 11.2 Å². The Kier molecular flexibility index (Phi) is 8.51. The van der Waals surface area contributed by atoms with Crippen LogP contribution in [0.5, 0.6) is 0 Å². The molecule has 7 heteroatoms. The predicted molar refractivity (Wildman–Crippen MR) is 109 cm³/mol. The molecular formula is C19H28FN3O2S. The van der Waals surface area contributed by atoms with Crippen LogP contribution in [0, 0.1) is 19.7 Å². The molecule has 1 heterocycles. The number of aromatic nitrogens is 1. The average Bonchev–Trinajstić information content (AvgIpc) is 2.60. The maximum absolute atomic E-state index is 14.1. The third-order valence-electron chi connectivity index (χ3n) is 3.61. The van der Waals surface area contributed by atoms with E-state index in [4.69, 9.17) is 0 Å². The van der Waals surface area contributed by atoms with Crippen molar-refractivity contribution in [1.82, 2.24) is 4.57 Å². The first-order chi connectivity index (χ1) is 12.3. The molecule has 144 valence electrons. The van der Waals surface area contributed by atoms with Crippen molar-refractivity contribution in [2.75, 3.05) is 15.8 Å². The number of hydrogen-bond donors (Lipinski definition) is 2. The highest BCUT2D eigenvalue weighted by Crippen LogP contribution is 2.29. The van der Waals surface area contributed by atoms with Crippen molar-refractivity contribution < 1.29 is 8.60 Å². The van der Waals surface area contributed by atoms with E-state index >= 15 is 0 Å². The van der Waals surface area contributed by atoms with Gasteiger partial charge in [-0.05, 0) is 38.0 Å². The minimum atomic E-state index is -1.27. The lowest BCUT2D eigenvalue weighted by molar-refractivity contribution is 0.630. The van der Waals surface area contributed by atoms with Gasteiger partial charge in [0.05, 0.1) is 17.1 Å². The molecule has 26 heavy (non-hydrogen) atoms. The molecule has 0 bridgehead atoms. The van der Waals surface area contributed by atoms with Gasteiger partial charge < -0.3 is 14.6 Å². The highest BCUT2D eigenvalue weighted by molar-refractivity contribution is 7.86. The Morgan fingerprint density at radius 1 is 1.19 bits per heavy atom. The fourth-order valence-electron chi connectivity index (χ4n) is 2.34. The fraction of sp³-hybridized carbons (Fsp3) is 0.421. The van der Waals surface area contributed by atoms with Crippen molar-refractivity contribution in [3.63, 3.8) is 0 Å². The summed E-state index contributed by atoms with van der Waals surface area (Å²) in [5, 5.41) is 2.97. The Morgan fingerprint density at radius 2 is 1.85 bits per heavy atom. The molecule has 5 nitrogen and oxygen atoms in total. The van der Waals surface area contributed by atoms with E-state index in [1.807, 2.05) is 20.8 Å². The summed E-state index contributed by atoms with van der Waals surface area (Å²) in [7, 11) is 0.354. The van der Waals surface area contributed by atoms with Crippen LogP contribution in [-0.2, 0) is 18.0 Å². The lowest BCUT2D eigenvalue weighted by Crippen LogP contribution is -2.22. The van der Waals surface area contributed by atoms with Gasteiger partial charge in [0.1, 0.15) is 16.8 Å². The van der Waals surface area contributed by atoms with E-state index in [1.54, 1.807) is 39.2 Å². The van der Waals surface area contributed by atoms with Gasteiger partial charge in [0.25, 0.3) is 5.56 Å². The van der Waals surface area contributed by atoms with Crippen molar-refractivity contribution in [2.45, 2.75) is 41.0 Å². The van der Waals surface area contributed by atoms with Gasteiger partial charge in [-0.1, -0.05) is 26.8 Å². The second-order valence-corrected chi connectivity index (χ2v) is 7.02. The number of anilines is 3. The van der Waals surface area contributed by atoms with Crippen LogP contribution in [-0.4, -0.2) is 14.5 Å². The van der Waals surface area contributed by atoms with Crippen LogP contribution in [0.15, 0.2) is 29.2 Å². The fourth-order valence-corrected chi connectivity index (χ4v) is 3.22. The zero-order valence-electron chi connectivity index (χ0n) is 16.3. The number of nitrogens with one attached hydrogen (secondary N) is 2. The van der Waals surface area contributed by atoms with Gasteiger partial charge in [-0.25, -0.2) is 8.60 Å². The molecule has 0 fully saturated rings. The number of benzene rings is 1. The SMILES string of the molecule is CC.CCCS(=O)Nc1cn(C)c(=O)c(C)c1Nc1ccc(C)cc1F. The zero-order valence-corrected chi connectivity index (χ0v) is 17.1. The number of halogens is 1. The predicted octanol–water partition coefficient (Wildman–Crippen LogP) is 4.40. The highest BCUT2D eigenvalue weighted by atomic mass is 32.2. The first kappa shape index (κ1) is 21.9. The van der Waals surface area contributed by atoms with Gasteiger partial charge in [-0.2, -0.15) is 0 Å². The molecule has 0 saturated heterocycles. The van der Waals surface area contributed by atoms with E-state index < -0.39 is 16.8 Å². The van der Waals surface area contributed by atoms with Gasteiger partial charge in [0.15, 0.2) is 0 Å². The Bertz CT molecular complexity index is 834. The minimum Gasteiger partial charge on any atom is -0.351 e. The number of nitrogens with zero attached hydrogens (tertiary/aromatic N) is 1. The Morgan fingerprint density at radius 3 is 2.42 bits per heavy atom. The molecule has 2 N–H and O–H groups in total. The van der Waals surface area contributed by atoms with Gasteiger partial charge in [0, 0.05) is 24.6 Å². The van der Waals surface area contributed by atoms with Crippen molar-refractivity contribution in [2.24, 2.45) is 7.05 Å². The summed E-state index contributed by atoms with van der Waals surface area (Å²) in [6.45, 7) is 9.40. The number of pyridine rings is 1. The molecular weight excluding hydrogens is 353 g/mol. The third kappa shape index (κ3) is 5.42. The van der Waals surface area contributed by atoms with Crippen LogP contribution in [0.3, 0.4) is 0 Å². The maximum Gasteiger partial charge on any atom is 0.255 e. The quantitative estimate of drug-likeness (QED) is 0.780. The summed E-state index contributed by atoms with van der Waals surface area (Å²) in [5.41, 5.74) is 2.24. The molecule has 1 unspecified atom stereocenters. The van der Waals surface area contributed by atoms with Gasteiger partial charge in [-0.15, -0.1) is 0 Å². The van der Waals surface area contributed by atoms with E-state index in [0.29, 0.717) is 22.7 Å². The summed E-state index contributed by atoms with van der Waals surface area (Å²) in [6, 6.07) is 4.82. The van der Waals surface area contributed by atoms with Crippen molar-refractivity contribution >= 4 is 28.0 Å². The summed E-state index contributed by atoms with van der Waals surface area (Å²) >= 11 is 0. The Hall–Kier alpha value is -2.15. The van der Waals surface area contributed by atoms with Crippen LogP contribution in [0.25, 0.3) is 0 Å². The molecule has 1 aromatic heterocycles. The van der Waals surface area contributed by atoms with Gasteiger partial charge in [-0.3, -0.25) is 4.79 Å². The molecule has 0 amide bonds. The second-order valence-electron chi connectivity index (χ2n) is 5.72. The summed E-state index contributed by atoms with van der Waals surface area (Å²) in [5.74, 6) is 0.0796. The van der Waals surface area contributed by atoms with Crippen LogP contribution >= 0.6 is 0 Å². The molecule has 2 aromatic rings. The lowest BCUT2D eigenvalue weighted by atomic mass is 10.2. The smallest absolute Gasteiger partial charge is 0.255 e. The van der Waals surface area contributed by atoms with Crippen molar-refractivity contribution in [3.05, 3.63) is 51.7 Å². The average molecular weight is 382 g/mol. The molecule has 0 radical (unpaired) electrons. The molecule has 0 aliphatic carbocycles. The molecule has 2 rings (SSSR count). The molecule has 1 atom stereocenters. The monoisotopic (exact) mass is 381 g/mol. The molecule has 0 spiro atoms. The van der Waals surface area contributed by atoms with Crippen LogP contribution in [0.4, 0.5) is 21.5 Å². The highest BCUT2D eigenvalue weighted by Gasteiger charge is 2.15. The number of hydrogen-bond acceptors (Lipinski definition) is 3. The minimum absolute atomic E-state index is 0.197. The van der Waals surface area contributed by atoms with Gasteiger partial charge in [0.2, 0.25) is 0 Å². The maximum atomic E-state index is 14.1. The summed E-state index contributed by atoms with van der Waals surface area (Å²) in [4.78, 5) is 12.2. The summed E-state index contributed by atoms with van der Waals surface area (Å²) in [6.07, 6.45) is 2.33. The normalized spacial score (nSPS) is 11.3.